The van der Waals surface area contributed by atoms with Gasteiger partial charge in [-0.1, -0.05) is 6.92 Å². The second-order valence-electron chi connectivity index (χ2n) is 3.41. The molecule has 82 valence electrons. The van der Waals surface area contributed by atoms with Gasteiger partial charge in [0.2, 0.25) is 5.91 Å². The van der Waals surface area contributed by atoms with E-state index in [-0.39, 0.29) is 11.7 Å². The van der Waals surface area contributed by atoms with Gasteiger partial charge in [-0.25, -0.2) is 0 Å². The molecule has 0 saturated heterocycles. The lowest BCUT2D eigenvalue weighted by Gasteiger charge is -2.07. The molecule has 1 aromatic carbocycles. The van der Waals surface area contributed by atoms with Gasteiger partial charge in [0.1, 0.15) is 5.75 Å². The number of phenols is 1. The third-order valence-electron chi connectivity index (χ3n) is 2.06. The molecule has 1 rings (SSSR count). The van der Waals surface area contributed by atoms with Gasteiger partial charge in [0, 0.05) is 24.2 Å². The standard InChI is InChI=1S/C11H16N2O2/c1-2-3-11(15)13-7-8-6-9(12)4-5-10(8)14/h4-6,14H,2-3,7,12H2,1H3,(H,13,15). The fourth-order valence-corrected chi connectivity index (χ4v) is 1.26. The van der Waals surface area contributed by atoms with E-state index in [9.17, 15) is 9.90 Å². The number of carbonyl (C=O) groups excluding carboxylic acids is 1. The molecule has 4 nitrogen and oxygen atoms in total. The molecule has 0 spiro atoms. The highest BCUT2D eigenvalue weighted by Gasteiger charge is 2.03. The summed E-state index contributed by atoms with van der Waals surface area (Å²) in [6, 6.07) is 4.80. The lowest BCUT2D eigenvalue weighted by atomic mass is 10.1. The van der Waals surface area contributed by atoms with Crippen LogP contribution in [0.5, 0.6) is 5.75 Å². The first-order chi connectivity index (χ1) is 7.13. The number of amides is 1. The molecule has 0 aromatic heterocycles. The van der Waals surface area contributed by atoms with E-state index in [1.54, 1.807) is 12.1 Å². The Labute approximate surface area is 89.1 Å². The lowest BCUT2D eigenvalue weighted by molar-refractivity contribution is -0.121. The number of carbonyl (C=O) groups is 1. The van der Waals surface area contributed by atoms with Crippen molar-refractivity contribution < 1.29 is 9.90 Å². The van der Waals surface area contributed by atoms with Gasteiger partial charge in [0.25, 0.3) is 0 Å². The molecule has 0 aliphatic heterocycles. The third-order valence-corrected chi connectivity index (χ3v) is 2.06. The van der Waals surface area contributed by atoms with Gasteiger partial charge in [-0.2, -0.15) is 0 Å². The maximum atomic E-state index is 11.2. The van der Waals surface area contributed by atoms with Crippen molar-refractivity contribution in [2.45, 2.75) is 26.3 Å². The van der Waals surface area contributed by atoms with Crippen molar-refractivity contribution >= 4 is 11.6 Å². The summed E-state index contributed by atoms with van der Waals surface area (Å²) in [5.41, 5.74) is 6.78. The summed E-state index contributed by atoms with van der Waals surface area (Å²) >= 11 is 0. The summed E-state index contributed by atoms with van der Waals surface area (Å²) in [4.78, 5) is 11.2. The molecular weight excluding hydrogens is 192 g/mol. The quantitative estimate of drug-likeness (QED) is 0.517. The Bertz CT molecular complexity index is 350. The maximum absolute atomic E-state index is 11.2. The molecule has 0 unspecified atom stereocenters. The third kappa shape index (κ3) is 3.50. The van der Waals surface area contributed by atoms with Crippen molar-refractivity contribution in [3.05, 3.63) is 23.8 Å². The molecule has 0 atom stereocenters. The predicted molar refractivity (Wildman–Crippen MR) is 59.3 cm³/mol. The average Bonchev–Trinajstić information content (AvgIpc) is 2.20. The van der Waals surface area contributed by atoms with Crippen LogP contribution in [0.2, 0.25) is 0 Å². The van der Waals surface area contributed by atoms with Crippen LogP contribution in [0.25, 0.3) is 0 Å². The van der Waals surface area contributed by atoms with Crippen molar-refractivity contribution in [2.75, 3.05) is 5.73 Å². The van der Waals surface area contributed by atoms with Crippen LogP contribution in [0.4, 0.5) is 5.69 Å². The summed E-state index contributed by atoms with van der Waals surface area (Å²) in [6.45, 7) is 2.26. The van der Waals surface area contributed by atoms with Crippen LogP contribution in [0.3, 0.4) is 0 Å². The summed E-state index contributed by atoms with van der Waals surface area (Å²) in [6.07, 6.45) is 1.32. The molecule has 0 fully saturated rings. The minimum atomic E-state index is -0.0145. The van der Waals surface area contributed by atoms with Crippen LogP contribution >= 0.6 is 0 Å². The molecule has 0 heterocycles. The Morgan fingerprint density at radius 2 is 2.27 bits per heavy atom. The van der Waals surface area contributed by atoms with Crippen molar-refractivity contribution in [1.29, 1.82) is 0 Å². The second kappa shape index (κ2) is 5.24. The number of benzene rings is 1. The molecular formula is C11H16N2O2. The molecule has 1 amide bonds. The lowest BCUT2D eigenvalue weighted by Crippen LogP contribution is -2.22. The van der Waals surface area contributed by atoms with Crippen molar-refractivity contribution in [2.24, 2.45) is 0 Å². The highest BCUT2D eigenvalue weighted by atomic mass is 16.3. The van der Waals surface area contributed by atoms with Crippen LogP contribution in [0.15, 0.2) is 18.2 Å². The Morgan fingerprint density at radius 1 is 1.53 bits per heavy atom. The molecule has 0 aliphatic carbocycles. The van der Waals surface area contributed by atoms with Gasteiger partial charge in [0.15, 0.2) is 0 Å². The van der Waals surface area contributed by atoms with Crippen molar-refractivity contribution in [1.82, 2.24) is 5.32 Å². The zero-order valence-electron chi connectivity index (χ0n) is 8.79. The zero-order chi connectivity index (χ0) is 11.3. The molecule has 0 aliphatic rings. The van der Waals surface area contributed by atoms with Crippen LogP contribution in [-0.4, -0.2) is 11.0 Å². The van der Waals surface area contributed by atoms with E-state index < -0.39 is 0 Å². The SMILES string of the molecule is CCCC(=O)NCc1cc(N)ccc1O. The van der Waals surface area contributed by atoms with E-state index in [1.165, 1.54) is 6.07 Å². The first-order valence-corrected chi connectivity index (χ1v) is 4.97. The van der Waals surface area contributed by atoms with Gasteiger partial charge in [-0.15, -0.1) is 0 Å². The number of anilines is 1. The molecule has 4 N–H and O–H groups in total. The molecule has 1 aromatic rings. The smallest absolute Gasteiger partial charge is 0.220 e. The number of aromatic hydroxyl groups is 1. The normalized spacial score (nSPS) is 9.93. The van der Waals surface area contributed by atoms with Crippen molar-refractivity contribution in [3.8, 4) is 5.75 Å². The van der Waals surface area contributed by atoms with E-state index in [1.807, 2.05) is 6.92 Å². The van der Waals surface area contributed by atoms with Crippen LogP contribution in [0, 0.1) is 0 Å². The Kier molecular flexibility index (Phi) is 3.97. The van der Waals surface area contributed by atoms with E-state index in [0.717, 1.165) is 6.42 Å². The predicted octanol–water partition coefficient (Wildman–Crippen LogP) is 1.39. The molecule has 15 heavy (non-hydrogen) atoms. The van der Waals surface area contributed by atoms with Gasteiger partial charge >= 0.3 is 0 Å². The summed E-state index contributed by atoms with van der Waals surface area (Å²) in [5, 5.41) is 12.2. The van der Waals surface area contributed by atoms with Gasteiger partial charge in [-0.3, -0.25) is 4.79 Å². The second-order valence-corrected chi connectivity index (χ2v) is 3.41. The summed E-state index contributed by atoms with van der Waals surface area (Å²) in [5.74, 6) is 0.139. The number of rotatable bonds is 4. The van der Waals surface area contributed by atoms with Crippen LogP contribution < -0.4 is 11.1 Å². The number of hydrogen-bond acceptors (Lipinski definition) is 3. The number of phenolic OH excluding ortho intramolecular Hbond substituents is 1. The number of nitrogens with two attached hydrogens (primary N) is 1. The molecule has 0 saturated carbocycles. The van der Waals surface area contributed by atoms with Gasteiger partial charge in [0.05, 0.1) is 0 Å². The fourth-order valence-electron chi connectivity index (χ4n) is 1.26. The Hall–Kier alpha value is -1.71. The van der Waals surface area contributed by atoms with E-state index in [2.05, 4.69) is 5.32 Å². The van der Waals surface area contributed by atoms with Crippen molar-refractivity contribution in [3.63, 3.8) is 0 Å². The average molecular weight is 208 g/mol. The van der Waals surface area contributed by atoms with Crippen LogP contribution in [0.1, 0.15) is 25.3 Å². The topological polar surface area (TPSA) is 75.4 Å². The van der Waals surface area contributed by atoms with Gasteiger partial charge < -0.3 is 16.2 Å². The van der Waals surface area contributed by atoms with Gasteiger partial charge in [-0.05, 0) is 24.6 Å². The number of nitrogen functional groups attached to an aromatic ring is 1. The van der Waals surface area contributed by atoms with E-state index >= 15 is 0 Å². The summed E-state index contributed by atoms with van der Waals surface area (Å²) in [7, 11) is 0. The summed E-state index contributed by atoms with van der Waals surface area (Å²) < 4.78 is 0. The minimum Gasteiger partial charge on any atom is -0.508 e. The molecule has 0 radical (unpaired) electrons. The zero-order valence-corrected chi connectivity index (χ0v) is 8.79. The van der Waals surface area contributed by atoms with E-state index in [0.29, 0.717) is 24.2 Å². The fraction of sp³-hybridized carbons (Fsp3) is 0.364. The Morgan fingerprint density at radius 3 is 2.93 bits per heavy atom. The van der Waals surface area contributed by atoms with E-state index in [4.69, 9.17) is 5.73 Å². The van der Waals surface area contributed by atoms with Crippen LogP contribution in [-0.2, 0) is 11.3 Å². The highest BCUT2D eigenvalue weighted by Crippen LogP contribution is 2.19. The first-order valence-electron chi connectivity index (χ1n) is 4.97. The molecule has 4 heteroatoms. The Balaban J connectivity index is 2.57. The number of hydrogen-bond donors (Lipinski definition) is 3. The minimum absolute atomic E-state index is 0.0145. The number of nitrogens with one attached hydrogen (secondary N) is 1. The first kappa shape index (κ1) is 11.4. The maximum Gasteiger partial charge on any atom is 0.220 e. The highest BCUT2D eigenvalue weighted by molar-refractivity contribution is 5.75. The monoisotopic (exact) mass is 208 g/mol. The largest absolute Gasteiger partial charge is 0.508 e. The molecule has 0 bridgehead atoms.